The molecule has 0 spiro atoms. The maximum Gasteiger partial charge on any atom is 0.279 e. The molecule has 0 aromatic heterocycles. The van der Waals surface area contributed by atoms with Crippen molar-refractivity contribution in [3.8, 4) is 0 Å². The van der Waals surface area contributed by atoms with E-state index in [1.165, 1.54) is 4.90 Å². The Kier molecular flexibility index (Phi) is 6.70. The normalized spacial score (nSPS) is 14.8. The van der Waals surface area contributed by atoms with E-state index < -0.39 is 0 Å². The molecule has 0 unspecified atom stereocenters. The molecular formula is C22H27ClN3O2+. The number of carbonyl (C=O) groups excluding carboxylic acids is 2. The number of hydrogen-bond donors (Lipinski definition) is 2. The first-order chi connectivity index (χ1) is 13.4. The van der Waals surface area contributed by atoms with Gasteiger partial charge in [0.15, 0.2) is 6.54 Å². The number of quaternary nitrogens is 1. The Hall–Kier alpha value is -2.37. The molecule has 28 heavy (non-hydrogen) atoms. The van der Waals surface area contributed by atoms with E-state index in [-0.39, 0.29) is 11.8 Å². The molecule has 1 aliphatic rings. The highest BCUT2D eigenvalue weighted by atomic mass is 35.5. The van der Waals surface area contributed by atoms with Crippen molar-refractivity contribution in [3.05, 3.63) is 64.2 Å². The molecule has 1 fully saturated rings. The number of aryl methyl sites for hydroxylation is 2. The van der Waals surface area contributed by atoms with Crippen molar-refractivity contribution >= 4 is 29.1 Å². The third-order valence-electron chi connectivity index (χ3n) is 5.28. The van der Waals surface area contributed by atoms with Crippen molar-refractivity contribution in [2.45, 2.75) is 20.3 Å². The first kappa shape index (κ1) is 20.4. The highest BCUT2D eigenvalue weighted by Crippen LogP contribution is 2.19. The average molecular weight is 401 g/mol. The van der Waals surface area contributed by atoms with Crippen LogP contribution in [0.25, 0.3) is 0 Å². The fraction of sp³-hybridized carbons (Fsp3) is 0.364. The lowest BCUT2D eigenvalue weighted by Crippen LogP contribution is -3.15. The van der Waals surface area contributed by atoms with Crippen LogP contribution in [-0.4, -0.2) is 49.4 Å². The molecule has 0 atom stereocenters. The second-order valence-corrected chi connectivity index (χ2v) is 7.80. The number of halogens is 1. The van der Waals surface area contributed by atoms with Crippen molar-refractivity contribution in [2.75, 3.05) is 38.0 Å². The molecule has 0 bridgehead atoms. The van der Waals surface area contributed by atoms with E-state index in [2.05, 4.69) is 5.32 Å². The van der Waals surface area contributed by atoms with Crippen molar-refractivity contribution in [2.24, 2.45) is 0 Å². The number of anilines is 1. The summed E-state index contributed by atoms with van der Waals surface area (Å²) in [6.45, 7) is 7.28. The smallest absolute Gasteiger partial charge is 0.279 e. The summed E-state index contributed by atoms with van der Waals surface area (Å²) in [5.74, 6) is 0.107. The van der Waals surface area contributed by atoms with E-state index in [9.17, 15) is 9.59 Å². The van der Waals surface area contributed by atoms with Crippen LogP contribution in [0.5, 0.6) is 0 Å². The number of benzene rings is 2. The fourth-order valence-electron chi connectivity index (χ4n) is 3.59. The summed E-state index contributed by atoms with van der Waals surface area (Å²) in [7, 11) is 0. The Balaban J connectivity index is 1.48. The lowest BCUT2D eigenvalue weighted by molar-refractivity contribution is -0.895. The lowest BCUT2D eigenvalue weighted by Gasteiger charge is -2.32. The van der Waals surface area contributed by atoms with Gasteiger partial charge in [0.05, 0.1) is 32.6 Å². The Morgan fingerprint density at radius 1 is 1.04 bits per heavy atom. The molecule has 6 heteroatoms. The van der Waals surface area contributed by atoms with E-state index in [1.54, 1.807) is 6.07 Å². The molecule has 148 valence electrons. The standard InChI is InChI=1S/C22H26ClN3O2/c1-16-6-5-7-17(2)22(16)24-20(27)15-25-10-12-26(13-11-25)21(28)14-18-8-3-4-9-19(18)23/h3-9H,10-15H2,1-2H3,(H,24,27)/p+1. The number of para-hydroxylation sites is 1. The van der Waals surface area contributed by atoms with Crippen LogP contribution in [0.2, 0.25) is 5.02 Å². The second-order valence-electron chi connectivity index (χ2n) is 7.39. The van der Waals surface area contributed by atoms with Crippen LogP contribution in [-0.2, 0) is 16.0 Å². The van der Waals surface area contributed by atoms with Crippen LogP contribution in [0, 0.1) is 13.8 Å². The zero-order valence-electron chi connectivity index (χ0n) is 16.4. The van der Waals surface area contributed by atoms with Gasteiger partial charge in [-0.2, -0.15) is 0 Å². The molecule has 0 radical (unpaired) electrons. The quantitative estimate of drug-likeness (QED) is 0.805. The minimum Gasteiger partial charge on any atom is -0.331 e. The zero-order chi connectivity index (χ0) is 20.1. The van der Waals surface area contributed by atoms with E-state index in [1.807, 2.05) is 55.1 Å². The minimum atomic E-state index is 0.0169. The largest absolute Gasteiger partial charge is 0.331 e. The summed E-state index contributed by atoms with van der Waals surface area (Å²) < 4.78 is 0. The van der Waals surface area contributed by atoms with Crippen LogP contribution in [0.3, 0.4) is 0 Å². The number of piperazine rings is 1. The van der Waals surface area contributed by atoms with E-state index in [0.29, 0.717) is 31.1 Å². The molecule has 2 amide bonds. The van der Waals surface area contributed by atoms with Gasteiger partial charge >= 0.3 is 0 Å². The van der Waals surface area contributed by atoms with Gasteiger partial charge in [-0.15, -0.1) is 0 Å². The van der Waals surface area contributed by atoms with Crippen LogP contribution < -0.4 is 10.2 Å². The van der Waals surface area contributed by atoms with E-state index in [4.69, 9.17) is 11.6 Å². The van der Waals surface area contributed by atoms with Crippen LogP contribution in [0.4, 0.5) is 5.69 Å². The first-order valence-corrected chi connectivity index (χ1v) is 10.0. The minimum absolute atomic E-state index is 0.0169. The predicted octanol–water partition coefficient (Wildman–Crippen LogP) is 1.87. The predicted molar refractivity (Wildman–Crippen MR) is 112 cm³/mol. The highest BCUT2D eigenvalue weighted by Gasteiger charge is 2.25. The van der Waals surface area contributed by atoms with Gasteiger partial charge in [0.25, 0.3) is 5.91 Å². The summed E-state index contributed by atoms with van der Waals surface area (Å²) in [6, 6.07) is 13.4. The monoisotopic (exact) mass is 400 g/mol. The van der Waals surface area contributed by atoms with Gasteiger partial charge in [-0.3, -0.25) is 9.59 Å². The molecule has 2 aromatic rings. The molecule has 1 aliphatic heterocycles. The molecular weight excluding hydrogens is 374 g/mol. The number of rotatable bonds is 5. The number of amides is 2. The van der Waals surface area contributed by atoms with Gasteiger partial charge in [0, 0.05) is 10.7 Å². The molecule has 3 rings (SSSR count). The van der Waals surface area contributed by atoms with Gasteiger partial charge in [-0.25, -0.2) is 0 Å². The number of nitrogens with one attached hydrogen (secondary N) is 2. The Labute approximate surface area is 171 Å². The average Bonchev–Trinajstić information content (AvgIpc) is 2.67. The van der Waals surface area contributed by atoms with Crippen LogP contribution >= 0.6 is 11.6 Å². The SMILES string of the molecule is Cc1cccc(C)c1NC(=O)C[NH+]1CCN(C(=O)Cc2ccccc2Cl)CC1. The molecule has 2 aromatic carbocycles. The Bertz CT molecular complexity index is 840. The maximum absolute atomic E-state index is 12.5. The number of nitrogens with zero attached hydrogens (tertiary/aromatic N) is 1. The third kappa shape index (κ3) is 5.12. The van der Waals surface area contributed by atoms with E-state index in [0.717, 1.165) is 35.5 Å². The van der Waals surface area contributed by atoms with Crippen molar-refractivity contribution < 1.29 is 14.5 Å². The Morgan fingerprint density at radius 3 is 2.32 bits per heavy atom. The number of hydrogen-bond acceptors (Lipinski definition) is 2. The Morgan fingerprint density at radius 2 is 1.68 bits per heavy atom. The molecule has 2 N–H and O–H groups in total. The molecule has 0 aliphatic carbocycles. The van der Waals surface area contributed by atoms with Gasteiger partial charge in [0.1, 0.15) is 0 Å². The summed E-state index contributed by atoms with van der Waals surface area (Å²) in [5.41, 5.74) is 3.90. The van der Waals surface area contributed by atoms with Gasteiger partial charge in [-0.1, -0.05) is 48.0 Å². The topological polar surface area (TPSA) is 53.9 Å². The fourth-order valence-corrected chi connectivity index (χ4v) is 3.79. The molecule has 0 saturated carbocycles. The van der Waals surface area contributed by atoms with Gasteiger partial charge in [0.2, 0.25) is 5.91 Å². The second kappa shape index (κ2) is 9.22. The van der Waals surface area contributed by atoms with Crippen LogP contribution in [0.15, 0.2) is 42.5 Å². The molecule has 1 saturated heterocycles. The summed E-state index contributed by atoms with van der Waals surface area (Å²) in [4.78, 5) is 28.1. The van der Waals surface area contributed by atoms with Gasteiger partial charge in [-0.05, 0) is 36.6 Å². The summed E-state index contributed by atoms with van der Waals surface area (Å²) >= 11 is 6.16. The first-order valence-electron chi connectivity index (χ1n) is 9.65. The van der Waals surface area contributed by atoms with Crippen molar-refractivity contribution in [1.82, 2.24) is 4.90 Å². The zero-order valence-corrected chi connectivity index (χ0v) is 17.2. The van der Waals surface area contributed by atoms with Crippen molar-refractivity contribution in [3.63, 3.8) is 0 Å². The molecule has 5 nitrogen and oxygen atoms in total. The summed E-state index contributed by atoms with van der Waals surface area (Å²) in [6.07, 6.45) is 0.321. The van der Waals surface area contributed by atoms with Gasteiger partial charge < -0.3 is 15.1 Å². The highest BCUT2D eigenvalue weighted by molar-refractivity contribution is 6.31. The van der Waals surface area contributed by atoms with E-state index >= 15 is 0 Å². The summed E-state index contributed by atoms with van der Waals surface area (Å²) in [5, 5.41) is 3.67. The third-order valence-corrected chi connectivity index (χ3v) is 5.65. The maximum atomic E-state index is 12.5. The number of carbonyl (C=O) groups is 2. The molecule has 1 heterocycles. The van der Waals surface area contributed by atoms with Crippen LogP contribution in [0.1, 0.15) is 16.7 Å². The van der Waals surface area contributed by atoms with Crippen molar-refractivity contribution in [1.29, 1.82) is 0 Å². The lowest BCUT2D eigenvalue weighted by atomic mass is 10.1.